The molecule has 0 heterocycles. The van der Waals surface area contributed by atoms with E-state index in [0.29, 0.717) is 13.0 Å². The van der Waals surface area contributed by atoms with Gasteiger partial charge in [0.05, 0.1) is 12.3 Å². The van der Waals surface area contributed by atoms with Crippen molar-refractivity contribution >= 4 is 11.6 Å². The van der Waals surface area contributed by atoms with Gasteiger partial charge in [-0.2, -0.15) is 0 Å². The van der Waals surface area contributed by atoms with Crippen molar-refractivity contribution in [2.45, 2.75) is 73.1 Å². The number of unbranched alkanes of at least 4 members (excludes halogenated alkanes) is 2. The molecular formula is C20H33NO2. The van der Waals surface area contributed by atoms with Crippen LogP contribution in [0.2, 0.25) is 0 Å². The Morgan fingerprint density at radius 1 is 1.13 bits per heavy atom. The zero-order valence-electron chi connectivity index (χ0n) is 15.5. The van der Waals surface area contributed by atoms with Crippen molar-refractivity contribution in [1.29, 1.82) is 0 Å². The highest BCUT2D eigenvalue weighted by atomic mass is 16.5. The van der Waals surface area contributed by atoms with E-state index in [2.05, 4.69) is 46.0 Å². The zero-order chi connectivity index (χ0) is 17.3. The number of hydrogen-bond acceptors (Lipinski definition) is 2. The van der Waals surface area contributed by atoms with Crippen molar-refractivity contribution in [3.8, 4) is 5.75 Å². The van der Waals surface area contributed by atoms with Crippen molar-refractivity contribution in [3.63, 3.8) is 0 Å². The van der Waals surface area contributed by atoms with Crippen LogP contribution >= 0.6 is 0 Å². The lowest BCUT2D eigenvalue weighted by molar-refractivity contribution is -0.117. The summed E-state index contributed by atoms with van der Waals surface area (Å²) in [6.07, 6.45) is 5.92. The van der Waals surface area contributed by atoms with Crippen molar-refractivity contribution in [1.82, 2.24) is 0 Å². The molecule has 0 saturated carbocycles. The number of rotatable bonds is 9. The lowest BCUT2D eigenvalue weighted by Gasteiger charge is -2.20. The molecule has 0 aliphatic heterocycles. The molecule has 0 aromatic heterocycles. The maximum absolute atomic E-state index is 12.3. The number of ether oxygens (including phenoxy) is 1. The van der Waals surface area contributed by atoms with E-state index in [9.17, 15) is 4.79 Å². The standard InChI is InChI=1S/C20H33NO2/c1-6-8-9-14-23-19-16(11-7-2)12-10-13-17(19)21-18(22)15-20(3,4)5/h10,12-13H,6-9,11,14-15H2,1-5H3,(H,21,22). The van der Waals surface area contributed by atoms with E-state index >= 15 is 0 Å². The Balaban J connectivity index is 2.87. The molecule has 0 bridgehead atoms. The molecular weight excluding hydrogens is 286 g/mol. The van der Waals surface area contributed by atoms with Crippen LogP contribution in [0.25, 0.3) is 0 Å². The first kappa shape index (κ1) is 19.5. The normalized spacial score (nSPS) is 11.3. The third kappa shape index (κ3) is 7.54. The van der Waals surface area contributed by atoms with Gasteiger partial charge in [0.2, 0.25) is 5.91 Å². The first-order valence-electron chi connectivity index (χ1n) is 8.92. The minimum atomic E-state index is -0.0206. The zero-order valence-corrected chi connectivity index (χ0v) is 15.5. The summed E-state index contributed by atoms with van der Waals surface area (Å²) in [5, 5.41) is 3.04. The van der Waals surface area contributed by atoms with E-state index in [0.717, 1.165) is 30.7 Å². The highest BCUT2D eigenvalue weighted by molar-refractivity contribution is 5.92. The molecule has 0 unspecified atom stereocenters. The Labute approximate surface area is 141 Å². The fourth-order valence-electron chi connectivity index (χ4n) is 2.52. The molecule has 0 spiro atoms. The molecule has 3 heteroatoms. The van der Waals surface area contributed by atoms with Gasteiger partial charge < -0.3 is 10.1 Å². The second kappa shape index (κ2) is 9.59. The Kier molecular flexibility index (Phi) is 8.15. The highest BCUT2D eigenvalue weighted by Gasteiger charge is 2.18. The predicted molar refractivity (Wildman–Crippen MR) is 98.2 cm³/mol. The fraction of sp³-hybridized carbons (Fsp3) is 0.650. The first-order chi connectivity index (χ1) is 10.9. The highest BCUT2D eigenvalue weighted by Crippen LogP contribution is 2.31. The maximum Gasteiger partial charge on any atom is 0.224 e. The molecule has 3 nitrogen and oxygen atoms in total. The third-order valence-electron chi connectivity index (χ3n) is 3.58. The van der Waals surface area contributed by atoms with Crippen LogP contribution in [-0.2, 0) is 11.2 Å². The molecule has 1 rings (SSSR count). The summed E-state index contributed by atoms with van der Waals surface area (Å²) in [7, 11) is 0. The number of aryl methyl sites for hydroxylation is 1. The average molecular weight is 319 g/mol. The van der Waals surface area contributed by atoms with E-state index in [1.165, 1.54) is 18.4 Å². The van der Waals surface area contributed by atoms with Gasteiger partial charge in [-0.15, -0.1) is 0 Å². The topological polar surface area (TPSA) is 38.3 Å². The second-order valence-electron chi connectivity index (χ2n) is 7.39. The fourth-order valence-corrected chi connectivity index (χ4v) is 2.52. The third-order valence-corrected chi connectivity index (χ3v) is 3.58. The Morgan fingerprint density at radius 3 is 2.48 bits per heavy atom. The van der Waals surface area contributed by atoms with Crippen LogP contribution in [0.3, 0.4) is 0 Å². The van der Waals surface area contributed by atoms with Crippen LogP contribution in [-0.4, -0.2) is 12.5 Å². The molecule has 0 aliphatic carbocycles. The SMILES string of the molecule is CCCCCOc1c(CCC)cccc1NC(=O)CC(C)(C)C. The summed E-state index contributed by atoms with van der Waals surface area (Å²) in [5.41, 5.74) is 1.96. The van der Waals surface area contributed by atoms with Gasteiger partial charge in [-0.05, 0) is 29.9 Å². The van der Waals surface area contributed by atoms with E-state index < -0.39 is 0 Å². The number of nitrogens with one attached hydrogen (secondary N) is 1. The number of carbonyl (C=O) groups is 1. The molecule has 23 heavy (non-hydrogen) atoms. The van der Waals surface area contributed by atoms with E-state index in [-0.39, 0.29) is 11.3 Å². The smallest absolute Gasteiger partial charge is 0.224 e. The van der Waals surface area contributed by atoms with Crippen molar-refractivity contribution in [2.75, 3.05) is 11.9 Å². The van der Waals surface area contributed by atoms with Gasteiger partial charge in [-0.25, -0.2) is 0 Å². The van der Waals surface area contributed by atoms with Crippen LogP contribution in [0.15, 0.2) is 18.2 Å². The van der Waals surface area contributed by atoms with Crippen LogP contribution < -0.4 is 10.1 Å². The number of carbonyl (C=O) groups excluding carboxylic acids is 1. The molecule has 0 fully saturated rings. The lowest BCUT2D eigenvalue weighted by Crippen LogP contribution is -2.20. The minimum absolute atomic E-state index is 0.0206. The lowest BCUT2D eigenvalue weighted by atomic mass is 9.92. The molecule has 1 amide bonds. The van der Waals surface area contributed by atoms with Gasteiger partial charge in [0.25, 0.3) is 0 Å². The maximum atomic E-state index is 12.3. The number of para-hydroxylation sites is 1. The van der Waals surface area contributed by atoms with Crippen LogP contribution in [0.4, 0.5) is 5.69 Å². The largest absolute Gasteiger partial charge is 0.491 e. The van der Waals surface area contributed by atoms with E-state index in [4.69, 9.17) is 4.74 Å². The van der Waals surface area contributed by atoms with Crippen molar-refractivity contribution < 1.29 is 9.53 Å². The van der Waals surface area contributed by atoms with Crippen molar-refractivity contribution in [3.05, 3.63) is 23.8 Å². The molecule has 1 N–H and O–H groups in total. The summed E-state index contributed by atoms with van der Waals surface area (Å²) in [4.78, 5) is 12.3. The summed E-state index contributed by atoms with van der Waals surface area (Å²) >= 11 is 0. The van der Waals surface area contributed by atoms with Gasteiger partial charge in [-0.1, -0.05) is 66.0 Å². The first-order valence-corrected chi connectivity index (χ1v) is 8.92. The summed E-state index contributed by atoms with van der Waals surface area (Å²) in [5.74, 6) is 0.900. The summed E-state index contributed by atoms with van der Waals surface area (Å²) in [6, 6.07) is 6.03. The monoisotopic (exact) mass is 319 g/mol. The number of amides is 1. The van der Waals surface area contributed by atoms with Gasteiger partial charge in [0.15, 0.2) is 0 Å². The van der Waals surface area contributed by atoms with Gasteiger partial charge >= 0.3 is 0 Å². The summed E-state index contributed by atoms with van der Waals surface area (Å²) in [6.45, 7) is 11.3. The summed E-state index contributed by atoms with van der Waals surface area (Å²) < 4.78 is 6.04. The molecule has 130 valence electrons. The van der Waals surface area contributed by atoms with Gasteiger partial charge in [-0.3, -0.25) is 4.79 Å². The van der Waals surface area contributed by atoms with Crippen molar-refractivity contribution in [2.24, 2.45) is 5.41 Å². The van der Waals surface area contributed by atoms with Gasteiger partial charge in [0, 0.05) is 6.42 Å². The Morgan fingerprint density at radius 2 is 1.87 bits per heavy atom. The van der Waals surface area contributed by atoms with E-state index in [1.54, 1.807) is 0 Å². The Bertz CT molecular complexity index is 489. The number of anilines is 1. The molecule has 0 atom stereocenters. The van der Waals surface area contributed by atoms with E-state index in [1.807, 2.05) is 12.1 Å². The number of benzene rings is 1. The van der Waals surface area contributed by atoms with Crippen LogP contribution in [0.5, 0.6) is 5.75 Å². The molecule has 0 saturated heterocycles. The number of hydrogen-bond donors (Lipinski definition) is 1. The Hall–Kier alpha value is -1.51. The molecule has 0 radical (unpaired) electrons. The van der Waals surface area contributed by atoms with Crippen LogP contribution in [0.1, 0.15) is 72.3 Å². The van der Waals surface area contributed by atoms with Crippen LogP contribution in [0, 0.1) is 5.41 Å². The predicted octanol–water partition coefficient (Wildman–Crippen LogP) is 5.58. The second-order valence-corrected chi connectivity index (χ2v) is 7.39. The minimum Gasteiger partial charge on any atom is -0.491 e. The molecule has 1 aromatic rings. The molecule has 1 aromatic carbocycles. The van der Waals surface area contributed by atoms with Gasteiger partial charge in [0.1, 0.15) is 5.75 Å². The quantitative estimate of drug-likeness (QED) is 0.603. The average Bonchev–Trinajstić information content (AvgIpc) is 2.44. The molecule has 0 aliphatic rings.